The zero-order valence-corrected chi connectivity index (χ0v) is 8.07. The second-order valence-corrected chi connectivity index (χ2v) is 3.25. The Morgan fingerprint density at radius 2 is 1.21 bits per heavy atom. The average Bonchev–Trinajstić information content (AvgIpc) is 2.15. The zero-order chi connectivity index (χ0) is 10.3. The van der Waals surface area contributed by atoms with Gasteiger partial charge in [-0.3, -0.25) is 0 Å². The molecule has 0 unspecified atom stereocenters. The summed E-state index contributed by atoms with van der Waals surface area (Å²) in [6, 6.07) is 1.91. The number of aromatic nitrogens is 2. The van der Waals surface area contributed by atoms with E-state index in [1.807, 2.05) is 0 Å². The van der Waals surface area contributed by atoms with Gasteiger partial charge in [-0.15, -0.1) is 0 Å². The number of benzene rings is 1. The van der Waals surface area contributed by atoms with Crippen LogP contribution in [0.25, 0.3) is 11.0 Å². The van der Waals surface area contributed by atoms with Crippen molar-refractivity contribution in [3.8, 4) is 0 Å². The second-order valence-electron chi connectivity index (χ2n) is 2.53. The molecule has 0 saturated carbocycles. The Bertz CT molecular complexity index is 470. The topological polar surface area (TPSA) is 25.8 Å². The largest absolute Gasteiger partial charge is 0.228 e. The predicted octanol–water partition coefficient (Wildman–Crippen LogP) is 3.21. The van der Waals surface area contributed by atoms with Crippen molar-refractivity contribution in [2.45, 2.75) is 0 Å². The molecule has 2 nitrogen and oxygen atoms in total. The van der Waals surface area contributed by atoms with Gasteiger partial charge in [0.1, 0.15) is 11.0 Å². The lowest BCUT2D eigenvalue weighted by molar-refractivity contribution is 0.613. The first-order chi connectivity index (χ1) is 6.59. The lowest BCUT2D eigenvalue weighted by atomic mass is 10.3. The van der Waals surface area contributed by atoms with E-state index in [4.69, 9.17) is 23.2 Å². The van der Waals surface area contributed by atoms with Gasteiger partial charge >= 0.3 is 0 Å². The van der Waals surface area contributed by atoms with Gasteiger partial charge in [0.15, 0.2) is 21.9 Å². The van der Waals surface area contributed by atoms with Crippen molar-refractivity contribution >= 4 is 34.2 Å². The minimum atomic E-state index is -0.688. The first-order valence-electron chi connectivity index (χ1n) is 3.56. The fourth-order valence-electron chi connectivity index (χ4n) is 1.03. The van der Waals surface area contributed by atoms with Gasteiger partial charge in [-0.2, -0.15) is 0 Å². The van der Waals surface area contributed by atoms with Crippen LogP contribution in [-0.2, 0) is 0 Å². The minimum absolute atomic E-state index is 0.149. The van der Waals surface area contributed by atoms with Crippen LogP contribution in [-0.4, -0.2) is 9.97 Å². The summed E-state index contributed by atoms with van der Waals surface area (Å²) in [4.78, 5) is 7.18. The van der Waals surface area contributed by atoms with Crippen LogP contribution in [0.5, 0.6) is 0 Å². The summed E-state index contributed by atoms with van der Waals surface area (Å²) in [5, 5.41) is -0.299. The number of halogens is 4. The predicted molar refractivity (Wildman–Crippen MR) is 49.5 cm³/mol. The number of rotatable bonds is 0. The highest BCUT2D eigenvalue weighted by Gasteiger charge is 2.12. The van der Waals surface area contributed by atoms with E-state index in [2.05, 4.69) is 9.97 Å². The fraction of sp³-hybridized carbons (Fsp3) is 0. The monoisotopic (exact) mass is 234 g/mol. The Morgan fingerprint density at radius 1 is 0.857 bits per heavy atom. The number of hydrogen-bond donors (Lipinski definition) is 0. The van der Waals surface area contributed by atoms with E-state index in [9.17, 15) is 8.78 Å². The fourth-order valence-corrected chi connectivity index (χ4v) is 1.29. The van der Waals surface area contributed by atoms with E-state index < -0.39 is 11.6 Å². The Labute approximate surface area is 87.5 Å². The van der Waals surface area contributed by atoms with Crippen LogP contribution in [0.2, 0.25) is 10.3 Å². The molecule has 0 aliphatic carbocycles. The van der Waals surface area contributed by atoms with Crippen LogP contribution < -0.4 is 0 Å². The Morgan fingerprint density at radius 3 is 1.57 bits per heavy atom. The maximum Gasteiger partial charge on any atom is 0.167 e. The van der Waals surface area contributed by atoms with Gasteiger partial charge in [0.05, 0.1) is 0 Å². The summed E-state index contributed by atoms with van der Waals surface area (Å²) in [5.41, 5.74) is -0.446. The molecule has 0 spiro atoms. The molecule has 1 aromatic carbocycles. The molecule has 0 bridgehead atoms. The van der Waals surface area contributed by atoms with Crippen molar-refractivity contribution in [1.82, 2.24) is 9.97 Å². The zero-order valence-electron chi connectivity index (χ0n) is 6.56. The molecule has 0 aliphatic rings. The Kier molecular flexibility index (Phi) is 2.25. The smallest absolute Gasteiger partial charge is 0.167 e. The third-order valence-electron chi connectivity index (χ3n) is 1.64. The number of nitrogens with zero attached hydrogens (tertiary/aromatic N) is 2. The quantitative estimate of drug-likeness (QED) is 0.700. The highest BCUT2D eigenvalue weighted by Crippen LogP contribution is 2.24. The van der Waals surface area contributed by atoms with Crippen molar-refractivity contribution < 1.29 is 8.78 Å². The average molecular weight is 235 g/mol. The van der Waals surface area contributed by atoms with Crippen molar-refractivity contribution in [3.63, 3.8) is 0 Å². The lowest BCUT2D eigenvalue weighted by Crippen LogP contribution is -1.93. The highest BCUT2D eigenvalue weighted by atomic mass is 35.5. The van der Waals surface area contributed by atoms with Crippen molar-refractivity contribution in [2.24, 2.45) is 0 Å². The van der Waals surface area contributed by atoms with Crippen LogP contribution in [0.1, 0.15) is 0 Å². The highest BCUT2D eigenvalue weighted by molar-refractivity contribution is 6.40. The van der Waals surface area contributed by atoms with Crippen LogP contribution >= 0.6 is 23.2 Å². The molecule has 6 heteroatoms. The van der Waals surface area contributed by atoms with Gasteiger partial charge in [0.2, 0.25) is 0 Å². The maximum absolute atomic E-state index is 13.1. The third kappa shape index (κ3) is 1.40. The van der Waals surface area contributed by atoms with E-state index in [0.29, 0.717) is 0 Å². The normalized spacial score (nSPS) is 10.9. The molecule has 0 fully saturated rings. The summed E-state index contributed by atoms with van der Waals surface area (Å²) >= 11 is 11.0. The molecule has 1 aromatic heterocycles. The molecular weight excluding hydrogens is 233 g/mol. The van der Waals surface area contributed by atoms with Crippen LogP contribution in [0.4, 0.5) is 8.78 Å². The van der Waals surface area contributed by atoms with Gasteiger partial charge in [-0.1, -0.05) is 23.2 Å². The van der Waals surface area contributed by atoms with Gasteiger partial charge < -0.3 is 0 Å². The molecule has 0 atom stereocenters. The summed E-state index contributed by atoms with van der Waals surface area (Å²) in [5.74, 6) is -1.38. The third-order valence-corrected chi connectivity index (χ3v) is 2.27. The van der Waals surface area contributed by atoms with Crippen molar-refractivity contribution in [3.05, 3.63) is 34.1 Å². The van der Waals surface area contributed by atoms with E-state index in [1.165, 1.54) is 0 Å². The summed E-state index contributed by atoms with van der Waals surface area (Å²) in [6.07, 6.45) is 0. The van der Waals surface area contributed by atoms with Gasteiger partial charge in [0, 0.05) is 0 Å². The molecule has 0 amide bonds. The first kappa shape index (κ1) is 9.55. The molecule has 0 saturated heterocycles. The molecule has 0 aliphatic heterocycles. The standard InChI is InChI=1S/C8H2Cl2F2N2/c9-7-8(10)14-6-4(12)2-1-3(11)5(6)13-7/h1-2H. The Balaban J connectivity index is 2.94. The van der Waals surface area contributed by atoms with E-state index >= 15 is 0 Å². The van der Waals surface area contributed by atoms with Crippen molar-refractivity contribution in [1.29, 1.82) is 0 Å². The van der Waals surface area contributed by atoms with Crippen LogP contribution in [0, 0.1) is 11.6 Å². The van der Waals surface area contributed by atoms with E-state index in [0.717, 1.165) is 12.1 Å². The molecule has 1 heterocycles. The summed E-state index contributed by atoms with van der Waals surface area (Å²) < 4.78 is 26.2. The minimum Gasteiger partial charge on any atom is -0.228 e. The molecule has 14 heavy (non-hydrogen) atoms. The van der Waals surface area contributed by atoms with Gasteiger partial charge in [-0.05, 0) is 12.1 Å². The molecule has 72 valence electrons. The Hall–Kier alpha value is -1.00. The summed E-state index contributed by atoms with van der Waals surface area (Å²) in [6.45, 7) is 0. The van der Waals surface area contributed by atoms with Gasteiger partial charge in [-0.25, -0.2) is 18.7 Å². The van der Waals surface area contributed by atoms with E-state index in [-0.39, 0.29) is 21.3 Å². The summed E-state index contributed by atoms with van der Waals surface area (Å²) in [7, 11) is 0. The maximum atomic E-state index is 13.1. The van der Waals surface area contributed by atoms with Crippen LogP contribution in [0.15, 0.2) is 12.1 Å². The molecule has 2 rings (SSSR count). The first-order valence-corrected chi connectivity index (χ1v) is 4.32. The molecule has 0 radical (unpaired) electrons. The molecule has 2 aromatic rings. The number of hydrogen-bond acceptors (Lipinski definition) is 2. The number of fused-ring (bicyclic) bond motifs is 1. The van der Waals surface area contributed by atoms with Crippen LogP contribution in [0.3, 0.4) is 0 Å². The second kappa shape index (κ2) is 3.29. The molecular formula is C8H2Cl2F2N2. The lowest BCUT2D eigenvalue weighted by Gasteiger charge is -2.01. The van der Waals surface area contributed by atoms with Crippen molar-refractivity contribution in [2.75, 3.05) is 0 Å². The molecule has 0 N–H and O–H groups in total. The van der Waals surface area contributed by atoms with Gasteiger partial charge in [0.25, 0.3) is 0 Å². The van der Waals surface area contributed by atoms with E-state index in [1.54, 1.807) is 0 Å². The SMILES string of the molecule is Fc1ccc(F)c2nc(Cl)c(Cl)nc12.